The molecule has 0 saturated carbocycles. The van der Waals surface area contributed by atoms with Crippen molar-refractivity contribution in [1.29, 1.82) is 5.41 Å². The fraction of sp³-hybridized carbons (Fsp3) is 0.211. The number of nitrogens with zero attached hydrogens (tertiary/aromatic N) is 2. The molecule has 0 atom stereocenters. The number of ether oxygens (including phenoxy) is 1. The van der Waals surface area contributed by atoms with Crippen molar-refractivity contribution in [1.82, 2.24) is 9.55 Å². The predicted octanol–water partition coefficient (Wildman–Crippen LogP) is 2.50. The maximum Gasteiger partial charge on any atom is 0.325 e. The van der Waals surface area contributed by atoms with E-state index in [9.17, 15) is 4.79 Å². The molecule has 0 amide bonds. The molecule has 26 heavy (non-hydrogen) atoms. The number of benzene rings is 1. The number of pyridine rings is 1. The summed E-state index contributed by atoms with van der Waals surface area (Å²) in [6.07, 6.45) is 5.20. The maximum atomic E-state index is 12.0. The SMILES string of the molecule is CCOC(=O)Cn1cc(C(=N)N)c2cccc(CNc3cccnc3)c21. The van der Waals surface area contributed by atoms with Crippen LogP contribution in [0.15, 0.2) is 48.9 Å². The lowest BCUT2D eigenvalue weighted by Crippen LogP contribution is -2.14. The van der Waals surface area contributed by atoms with Gasteiger partial charge in [-0.2, -0.15) is 0 Å². The van der Waals surface area contributed by atoms with E-state index in [-0.39, 0.29) is 18.3 Å². The molecule has 0 aliphatic rings. The zero-order valence-corrected chi connectivity index (χ0v) is 14.5. The quantitative estimate of drug-likeness (QED) is 0.344. The Hall–Kier alpha value is -3.35. The summed E-state index contributed by atoms with van der Waals surface area (Å²) in [4.78, 5) is 16.1. The molecule has 0 bridgehead atoms. The van der Waals surface area contributed by atoms with E-state index in [1.165, 1.54) is 0 Å². The molecule has 0 aliphatic heterocycles. The Labute approximate surface area is 151 Å². The second-order valence-corrected chi connectivity index (χ2v) is 5.80. The van der Waals surface area contributed by atoms with Gasteiger partial charge in [-0.1, -0.05) is 18.2 Å². The summed E-state index contributed by atoms with van der Waals surface area (Å²) in [6.45, 7) is 2.72. The van der Waals surface area contributed by atoms with Crippen molar-refractivity contribution in [2.75, 3.05) is 11.9 Å². The molecule has 0 radical (unpaired) electrons. The number of para-hydroxylation sites is 1. The molecule has 3 aromatic rings. The van der Waals surface area contributed by atoms with Crippen molar-refractivity contribution in [2.24, 2.45) is 5.73 Å². The van der Waals surface area contributed by atoms with Crippen molar-refractivity contribution < 1.29 is 9.53 Å². The van der Waals surface area contributed by atoms with Gasteiger partial charge in [0.1, 0.15) is 12.4 Å². The number of anilines is 1. The molecular weight excluding hydrogens is 330 g/mol. The number of aromatic nitrogens is 2. The Morgan fingerprint density at radius 3 is 2.88 bits per heavy atom. The number of nitrogen functional groups attached to an aromatic ring is 1. The van der Waals surface area contributed by atoms with Crippen LogP contribution in [-0.2, 0) is 22.6 Å². The second kappa shape index (κ2) is 7.69. The van der Waals surface area contributed by atoms with Gasteiger partial charge in [0.15, 0.2) is 0 Å². The average molecular weight is 351 g/mol. The second-order valence-electron chi connectivity index (χ2n) is 5.80. The lowest BCUT2D eigenvalue weighted by atomic mass is 10.1. The molecule has 7 nitrogen and oxygen atoms in total. The highest BCUT2D eigenvalue weighted by molar-refractivity contribution is 6.08. The van der Waals surface area contributed by atoms with Crippen molar-refractivity contribution in [2.45, 2.75) is 20.0 Å². The minimum atomic E-state index is -0.325. The summed E-state index contributed by atoms with van der Waals surface area (Å²) in [5.74, 6) is -0.357. The van der Waals surface area contributed by atoms with E-state index in [0.717, 1.165) is 22.2 Å². The van der Waals surface area contributed by atoms with Crippen LogP contribution in [0.25, 0.3) is 10.9 Å². The van der Waals surface area contributed by atoms with Crippen LogP contribution in [0.1, 0.15) is 18.1 Å². The van der Waals surface area contributed by atoms with Crippen LogP contribution >= 0.6 is 0 Å². The van der Waals surface area contributed by atoms with Crippen LogP contribution in [0, 0.1) is 5.41 Å². The summed E-state index contributed by atoms with van der Waals surface area (Å²) in [7, 11) is 0. The third-order valence-electron chi connectivity index (χ3n) is 4.02. The molecule has 4 N–H and O–H groups in total. The van der Waals surface area contributed by atoms with Gasteiger partial charge in [-0.15, -0.1) is 0 Å². The van der Waals surface area contributed by atoms with E-state index >= 15 is 0 Å². The highest BCUT2D eigenvalue weighted by atomic mass is 16.5. The number of nitrogens with two attached hydrogens (primary N) is 1. The first kappa shape index (κ1) is 17.5. The van der Waals surface area contributed by atoms with Crippen LogP contribution in [-0.4, -0.2) is 28.0 Å². The zero-order chi connectivity index (χ0) is 18.5. The highest BCUT2D eigenvalue weighted by Crippen LogP contribution is 2.25. The van der Waals surface area contributed by atoms with Crippen LogP contribution in [0.4, 0.5) is 5.69 Å². The standard InChI is InChI=1S/C19H21N5O2/c1-2-26-17(25)12-24-11-16(19(20)21)15-7-3-5-13(18(15)24)9-23-14-6-4-8-22-10-14/h3-8,10-11,23H,2,9,12H2,1H3,(H3,20,21). The predicted molar refractivity (Wildman–Crippen MR) is 101 cm³/mol. The molecule has 2 heterocycles. The number of nitrogens with one attached hydrogen (secondary N) is 2. The van der Waals surface area contributed by atoms with Crippen molar-refractivity contribution >= 4 is 28.4 Å². The van der Waals surface area contributed by atoms with Gasteiger partial charge in [0.2, 0.25) is 0 Å². The van der Waals surface area contributed by atoms with E-state index in [0.29, 0.717) is 18.7 Å². The number of esters is 1. The lowest BCUT2D eigenvalue weighted by molar-refractivity contribution is -0.143. The van der Waals surface area contributed by atoms with Gasteiger partial charge < -0.3 is 20.4 Å². The Morgan fingerprint density at radius 1 is 1.35 bits per heavy atom. The summed E-state index contributed by atoms with van der Waals surface area (Å²) in [5, 5.41) is 12.0. The number of carbonyl (C=O) groups is 1. The Kier molecular flexibility index (Phi) is 5.17. The summed E-state index contributed by atoms with van der Waals surface area (Å²) < 4.78 is 6.86. The van der Waals surface area contributed by atoms with Gasteiger partial charge in [-0.05, 0) is 24.6 Å². The van der Waals surface area contributed by atoms with E-state index in [4.69, 9.17) is 15.9 Å². The monoisotopic (exact) mass is 351 g/mol. The Balaban J connectivity index is 1.99. The Morgan fingerprint density at radius 2 is 2.19 bits per heavy atom. The smallest absolute Gasteiger partial charge is 0.325 e. The first-order valence-electron chi connectivity index (χ1n) is 8.34. The molecule has 0 aliphatic carbocycles. The Bertz CT molecular complexity index is 934. The van der Waals surface area contributed by atoms with Crippen LogP contribution < -0.4 is 11.1 Å². The van der Waals surface area contributed by atoms with Gasteiger partial charge in [0.05, 0.1) is 17.8 Å². The topological polar surface area (TPSA) is 106 Å². The molecular formula is C19H21N5O2. The number of hydrogen-bond donors (Lipinski definition) is 3. The normalized spacial score (nSPS) is 10.7. The number of rotatable bonds is 7. The van der Waals surface area contributed by atoms with Crippen LogP contribution in [0.3, 0.4) is 0 Å². The molecule has 134 valence electrons. The number of carbonyl (C=O) groups excluding carboxylic acids is 1. The first-order chi connectivity index (χ1) is 12.6. The molecule has 0 saturated heterocycles. The van der Waals surface area contributed by atoms with Crippen molar-refractivity contribution in [3.8, 4) is 0 Å². The minimum absolute atomic E-state index is 0.0324. The van der Waals surface area contributed by atoms with Gasteiger partial charge >= 0.3 is 5.97 Å². The number of fused-ring (bicyclic) bond motifs is 1. The third-order valence-corrected chi connectivity index (χ3v) is 4.02. The minimum Gasteiger partial charge on any atom is -0.465 e. The highest BCUT2D eigenvalue weighted by Gasteiger charge is 2.16. The van der Waals surface area contributed by atoms with Gasteiger partial charge in [-0.3, -0.25) is 15.2 Å². The van der Waals surface area contributed by atoms with Gasteiger partial charge in [0.25, 0.3) is 0 Å². The zero-order valence-electron chi connectivity index (χ0n) is 14.5. The van der Waals surface area contributed by atoms with Gasteiger partial charge in [0, 0.05) is 36.1 Å². The fourth-order valence-electron chi connectivity index (χ4n) is 2.93. The summed E-state index contributed by atoms with van der Waals surface area (Å²) in [5.41, 5.74) is 9.09. The van der Waals surface area contributed by atoms with Gasteiger partial charge in [-0.25, -0.2) is 0 Å². The molecule has 3 rings (SSSR count). The molecule has 0 fully saturated rings. The number of hydrogen-bond acceptors (Lipinski definition) is 5. The van der Waals surface area contributed by atoms with E-state index in [2.05, 4.69) is 10.3 Å². The third kappa shape index (κ3) is 3.66. The van der Waals surface area contributed by atoms with Crippen LogP contribution in [0.2, 0.25) is 0 Å². The van der Waals surface area contributed by atoms with Crippen molar-refractivity contribution in [3.63, 3.8) is 0 Å². The average Bonchev–Trinajstić information content (AvgIpc) is 3.00. The van der Waals surface area contributed by atoms with Crippen LogP contribution in [0.5, 0.6) is 0 Å². The largest absolute Gasteiger partial charge is 0.465 e. The van der Waals surface area contributed by atoms with E-state index in [1.54, 1.807) is 30.1 Å². The molecule has 2 aromatic heterocycles. The summed E-state index contributed by atoms with van der Waals surface area (Å²) in [6, 6.07) is 9.61. The lowest BCUT2D eigenvalue weighted by Gasteiger charge is -2.11. The van der Waals surface area contributed by atoms with Crippen molar-refractivity contribution in [3.05, 3.63) is 60.0 Å². The van der Waals surface area contributed by atoms with E-state index in [1.807, 2.05) is 30.3 Å². The summed E-state index contributed by atoms with van der Waals surface area (Å²) >= 11 is 0. The first-order valence-corrected chi connectivity index (χ1v) is 8.34. The molecule has 0 spiro atoms. The maximum absolute atomic E-state index is 12.0. The number of amidine groups is 1. The van der Waals surface area contributed by atoms with E-state index < -0.39 is 0 Å². The molecule has 0 unspecified atom stereocenters. The molecule has 1 aromatic carbocycles. The molecule has 7 heteroatoms. The fourth-order valence-corrected chi connectivity index (χ4v) is 2.93.